The Balaban J connectivity index is 2.40. The molecule has 1 aromatic carbocycles. The van der Waals surface area contributed by atoms with Gasteiger partial charge in [-0.25, -0.2) is 8.78 Å². The van der Waals surface area contributed by atoms with Gasteiger partial charge in [0.05, 0.1) is 5.52 Å². The van der Waals surface area contributed by atoms with E-state index >= 15 is 0 Å². The Morgan fingerprint density at radius 1 is 1.25 bits per heavy atom. The molecule has 4 heteroatoms. The Morgan fingerprint density at radius 3 is 2.81 bits per heavy atom. The highest BCUT2D eigenvalue weighted by Crippen LogP contribution is 2.29. The van der Waals surface area contributed by atoms with Gasteiger partial charge in [-0.15, -0.1) is 0 Å². The molecule has 0 bridgehead atoms. The minimum Gasteiger partial charge on any atom is -0.347 e. The van der Waals surface area contributed by atoms with E-state index in [0.717, 1.165) is 36.0 Å². The second-order valence-corrected chi connectivity index (χ2v) is 4.19. The van der Waals surface area contributed by atoms with Gasteiger partial charge in [-0.05, 0) is 11.6 Å². The summed E-state index contributed by atoms with van der Waals surface area (Å²) in [6.45, 7) is 1.65. The zero-order valence-electron chi connectivity index (χ0n) is 8.98. The van der Waals surface area contributed by atoms with Crippen LogP contribution in [0.3, 0.4) is 0 Å². The molecule has 1 aromatic heterocycles. The van der Waals surface area contributed by atoms with E-state index in [1.807, 2.05) is 11.6 Å². The highest BCUT2D eigenvalue weighted by Gasteiger charge is 2.19. The summed E-state index contributed by atoms with van der Waals surface area (Å²) in [6, 6.07) is 2.58. The van der Waals surface area contributed by atoms with Crippen molar-refractivity contribution in [2.45, 2.75) is 13.0 Å². The summed E-state index contributed by atoms with van der Waals surface area (Å²) in [5.74, 6) is -1.55. The second-order valence-electron chi connectivity index (χ2n) is 4.19. The number of hydrogen-bond acceptors (Lipinski definition) is 1. The summed E-state index contributed by atoms with van der Waals surface area (Å²) in [5.41, 5.74) is 3.05. The standard InChI is InChI=1S/C12H12F2N2/c1-16-11-2-3-15-6-8(11)7-4-9(13)10(14)5-12(7)16/h4-5,15H,2-3,6H2,1H3. The first-order chi connectivity index (χ1) is 7.68. The molecule has 0 atom stereocenters. The van der Waals surface area contributed by atoms with E-state index < -0.39 is 11.6 Å². The van der Waals surface area contributed by atoms with Crippen molar-refractivity contribution in [3.05, 3.63) is 35.0 Å². The van der Waals surface area contributed by atoms with E-state index in [9.17, 15) is 8.78 Å². The van der Waals surface area contributed by atoms with Crippen molar-refractivity contribution in [2.75, 3.05) is 6.54 Å². The van der Waals surface area contributed by atoms with E-state index in [1.165, 1.54) is 17.8 Å². The number of hydrogen-bond donors (Lipinski definition) is 1. The lowest BCUT2D eigenvalue weighted by Crippen LogP contribution is -2.24. The zero-order valence-corrected chi connectivity index (χ0v) is 8.98. The summed E-state index contributed by atoms with van der Waals surface area (Å²) in [6.07, 6.45) is 0.906. The molecule has 0 aliphatic carbocycles. The Labute approximate surface area is 91.9 Å². The van der Waals surface area contributed by atoms with Crippen molar-refractivity contribution < 1.29 is 8.78 Å². The van der Waals surface area contributed by atoms with Crippen LogP contribution in [0.2, 0.25) is 0 Å². The Morgan fingerprint density at radius 2 is 2.00 bits per heavy atom. The average molecular weight is 222 g/mol. The monoisotopic (exact) mass is 222 g/mol. The maximum atomic E-state index is 13.2. The van der Waals surface area contributed by atoms with Crippen molar-refractivity contribution in [2.24, 2.45) is 7.05 Å². The number of aryl methyl sites for hydroxylation is 1. The van der Waals surface area contributed by atoms with Gasteiger partial charge in [0.1, 0.15) is 0 Å². The number of fused-ring (bicyclic) bond motifs is 3. The van der Waals surface area contributed by atoms with Crippen molar-refractivity contribution in [3.8, 4) is 0 Å². The van der Waals surface area contributed by atoms with E-state index in [2.05, 4.69) is 5.32 Å². The number of nitrogens with zero attached hydrogens (tertiary/aromatic N) is 1. The van der Waals surface area contributed by atoms with Crippen molar-refractivity contribution in [3.63, 3.8) is 0 Å². The van der Waals surface area contributed by atoms with Gasteiger partial charge in [0.2, 0.25) is 0 Å². The molecule has 3 rings (SSSR count). The molecule has 0 spiro atoms. The molecule has 16 heavy (non-hydrogen) atoms. The Hall–Kier alpha value is -1.42. The third kappa shape index (κ3) is 1.19. The first kappa shape index (κ1) is 9.78. The van der Waals surface area contributed by atoms with Crippen LogP contribution in [-0.4, -0.2) is 11.1 Å². The number of halogens is 2. The lowest BCUT2D eigenvalue weighted by Gasteiger charge is -2.14. The van der Waals surface area contributed by atoms with Crippen LogP contribution < -0.4 is 5.32 Å². The molecule has 1 N–H and O–H groups in total. The molecule has 0 saturated heterocycles. The van der Waals surface area contributed by atoms with Crippen LogP contribution in [0.1, 0.15) is 11.3 Å². The van der Waals surface area contributed by atoms with E-state index in [1.54, 1.807) is 0 Å². The van der Waals surface area contributed by atoms with Crippen LogP contribution in [0.4, 0.5) is 8.78 Å². The van der Waals surface area contributed by atoms with Crippen LogP contribution in [0.5, 0.6) is 0 Å². The van der Waals surface area contributed by atoms with Gasteiger partial charge in [-0.3, -0.25) is 0 Å². The molecule has 2 aromatic rings. The van der Waals surface area contributed by atoms with Gasteiger partial charge in [0.15, 0.2) is 11.6 Å². The van der Waals surface area contributed by atoms with Crippen LogP contribution in [-0.2, 0) is 20.0 Å². The number of benzene rings is 1. The van der Waals surface area contributed by atoms with Crippen LogP contribution in [0.25, 0.3) is 10.9 Å². The van der Waals surface area contributed by atoms with E-state index in [0.29, 0.717) is 0 Å². The van der Waals surface area contributed by atoms with Crippen molar-refractivity contribution >= 4 is 10.9 Å². The molecular formula is C12H12F2N2. The lowest BCUT2D eigenvalue weighted by molar-refractivity contribution is 0.510. The fraction of sp³-hybridized carbons (Fsp3) is 0.333. The molecule has 0 saturated carbocycles. The van der Waals surface area contributed by atoms with Gasteiger partial charge < -0.3 is 9.88 Å². The topological polar surface area (TPSA) is 17.0 Å². The van der Waals surface area contributed by atoms with Gasteiger partial charge in [-0.2, -0.15) is 0 Å². The van der Waals surface area contributed by atoms with Crippen LogP contribution in [0.15, 0.2) is 12.1 Å². The highest BCUT2D eigenvalue weighted by atomic mass is 19.2. The summed E-state index contributed by atoms with van der Waals surface area (Å²) >= 11 is 0. The first-order valence-corrected chi connectivity index (χ1v) is 5.34. The fourth-order valence-corrected chi connectivity index (χ4v) is 2.49. The first-order valence-electron chi connectivity index (χ1n) is 5.34. The highest BCUT2D eigenvalue weighted by molar-refractivity contribution is 5.86. The molecular weight excluding hydrogens is 210 g/mol. The number of nitrogens with one attached hydrogen (secondary N) is 1. The molecule has 1 aliphatic heterocycles. The maximum absolute atomic E-state index is 13.2. The Kier molecular flexibility index (Phi) is 2.01. The normalized spacial score (nSPS) is 15.4. The van der Waals surface area contributed by atoms with Crippen LogP contribution >= 0.6 is 0 Å². The predicted octanol–water partition coefficient (Wildman–Crippen LogP) is 2.10. The molecule has 1 aliphatic rings. The van der Waals surface area contributed by atoms with Crippen molar-refractivity contribution in [1.29, 1.82) is 0 Å². The van der Waals surface area contributed by atoms with Gasteiger partial charge in [0, 0.05) is 43.7 Å². The smallest absolute Gasteiger partial charge is 0.160 e. The SMILES string of the molecule is Cn1c2c(c3cc(F)c(F)cc31)CNCC2. The van der Waals surface area contributed by atoms with Gasteiger partial charge in [0.25, 0.3) is 0 Å². The van der Waals surface area contributed by atoms with Crippen molar-refractivity contribution in [1.82, 2.24) is 9.88 Å². The molecule has 84 valence electrons. The molecule has 0 fully saturated rings. The average Bonchev–Trinajstić information content (AvgIpc) is 2.55. The largest absolute Gasteiger partial charge is 0.347 e. The Bertz CT molecular complexity index is 572. The molecule has 0 radical (unpaired) electrons. The molecule has 0 unspecified atom stereocenters. The summed E-state index contributed by atoms with van der Waals surface area (Å²) in [4.78, 5) is 0. The molecule has 2 nitrogen and oxygen atoms in total. The van der Waals surface area contributed by atoms with E-state index in [-0.39, 0.29) is 0 Å². The summed E-state index contributed by atoms with van der Waals surface area (Å²) in [7, 11) is 1.91. The summed E-state index contributed by atoms with van der Waals surface area (Å²) in [5, 5.41) is 4.07. The molecule has 2 heterocycles. The molecule has 0 amide bonds. The maximum Gasteiger partial charge on any atom is 0.160 e. The number of rotatable bonds is 0. The van der Waals surface area contributed by atoms with Crippen LogP contribution in [0, 0.1) is 11.6 Å². The van der Waals surface area contributed by atoms with Gasteiger partial charge >= 0.3 is 0 Å². The fourth-order valence-electron chi connectivity index (χ4n) is 2.49. The minimum atomic E-state index is -0.779. The minimum absolute atomic E-state index is 0.734. The van der Waals surface area contributed by atoms with E-state index in [4.69, 9.17) is 0 Å². The quantitative estimate of drug-likeness (QED) is 0.722. The van der Waals surface area contributed by atoms with Gasteiger partial charge in [-0.1, -0.05) is 0 Å². The zero-order chi connectivity index (χ0) is 11.3. The third-order valence-electron chi connectivity index (χ3n) is 3.32. The summed E-state index contributed by atoms with van der Waals surface area (Å²) < 4.78 is 28.4. The number of aromatic nitrogens is 1. The predicted molar refractivity (Wildman–Crippen MR) is 58.2 cm³/mol. The third-order valence-corrected chi connectivity index (χ3v) is 3.32. The lowest BCUT2D eigenvalue weighted by atomic mass is 10.1. The second kappa shape index (κ2) is 3.28.